The molecule has 1 amide bonds. The molecule has 1 fully saturated rings. The van der Waals surface area contributed by atoms with Gasteiger partial charge in [0.1, 0.15) is 5.75 Å². The van der Waals surface area contributed by atoms with Crippen LogP contribution in [0.3, 0.4) is 0 Å². The third-order valence-corrected chi connectivity index (χ3v) is 7.02. The summed E-state index contributed by atoms with van der Waals surface area (Å²) in [6.45, 7) is 6.39. The molecule has 1 saturated heterocycles. The van der Waals surface area contributed by atoms with Crippen molar-refractivity contribution in [1.29, 1.82) is 0 Å². The summed E-state index contributed by atoms with van der Waals surface area (Å²) in [5.74, 6) is 1.05. The number of amides is 1. The van der Waals surface area contributed by atoms with Gasteiger partial charge in [-0.05, 0) is 50.3 Å². The van der Waals surface area contributed by atoms with Crippen LogP contribution in [-0.4, -0.2) is 62.1 Å². The van der Waals surface area contributed by atoms with Crippen molar-refractivity contribution in [2.24, 2.45) is 5.92 Å². The first-order chi connectivity index (χ1) is 12.8. The van der Waals surface area contributed by atoms with E-state index >= 15 is 0 Å². The first-order valence-electron chi connectivity index (χ1n) is 9.79. The van der Waals surface area contributed by atoms with Crippen LogP contribution in [-0.2, 0) is 27.7 Å². The number of fused-ring (bicyclic) bond motifs is 1. The van der Waals surface area contributed by atoms with Crippen molar-refractivity contribution in [1.82, 2.24) is 9.21 Å². The minimum Gasteiger partial charge on any atom is -0.493 e. The molecule has 0 aliphatic carbocycles. The van der Waals surface area contributed by atoms with Crippen LogP contribution in [0, 0.1) is 5.92 Å². The van der Waals surface area contributed by atoms with Gasteiger partial charge in [-0.15, -0.1) is 0 Å². The number of nitrogens with zero attached hydrogens (tertiary/aromatic N) is 2. The summed E-state index contributed by atoms with van der Waals surface area (Å²) in [6, 6.07) is 6.42. The van der Waals surface area contributed by atoms with E-state index in [9.17, 15) is 13.2 Å². The van der Waals surface area contributed by atoms with Crippen molar-refractivity contribution in [2.45, 2.75) is 45.6 Å². The van der Waals surface area contributed by atoms with Crippen LogP contribution in [0.1, 0.15) is 37.8 Å². The highest BCUT2D eigenvalue weighted by molar-refractivity contribution is 7.88. The summed E-state index contributed by atoms with van der Waals surface area (Å²) in [6.07, 6.45) is 4.20. The van der Waals surface area contributed by atoms with E-state index in [0.29, 0.717) is 32.5 Å². The lowest BCUT2D eigenvalue weighted by atomic mass is 9.95. The van der Waals surface area contributed by atoms with Crippen LogP contribution in [0.5, 0.6) is 5.75 Å². The maximum atomic E-state index is 13.0. The number of hydrogen-bond acceptors (Lipinski definition) is 4. The van der Waals surface area contributed by atoms with Crippen LogP contribution in [0.15, 0.2) is 18.2 Å². The number of carbonyl (C=O) groups is 1. The quantitative estimate of drug-likeness (QED) is 0.741. The number of carbonyl (C=O) groups excluding carboxylic acids is 1. The van der Waals surface area contributed by atoms with Crippen LogP contribution in [0.25, 0.3) is 0 Å². The molecule has 0 aromatic heterocycles. The lowest BCUT2D eigenvalue weighted by Gasteiger charge is -2.35. The summed E-state index contributed by atoms with van der Waals surface area (Å²) < 4.78 is 30.4. The molecule has 0 N–H and O–H groups in total. The standard InChI is InChI=1S/C20H30N2O4S/c1-4-22(20(23)17-7-10-21(11-8-17)27(3,24)25)15(2)13-16-5-6-19-18(14-16)9-12-26-19/h5-6,14-15,17H,4,7-13H2,1-3H3. The fourth-order valence-electron chi connectivity index (χ4n) is 4.17. The number of sulfonamides is 1. The van der Waals surface area contributed by atoms with Crippen LogP contribution in [0.4, 0.5) is 0 Å². The largest absolute Gasteiger partial charge is 0.493 e. The maximum absolute atomic E-state index is 13.0. The van der Waals surface area contributed by atoms with E-state index in [1.807, 2.05) is 17.9 Å². The van der Waals surface area contributed by atoms with Crippen LogP contribution in [0.2, 0.25) is 0 Å². The fourth-order valence-corrected chi connectivity index (χ4v) is 5.05. The SMILES string of the molecule is CCN(C(=O)C1CCN(S(C)(=O)=O)CC1)C(C)Cc1ccc2c(c1)CCO2. The Morgan fingerprint density at radius 1 is 1.33 bits per heavy atom. The molecule has 150 valence electrons. The van der Waals surface area contributed by atoms with Gasteiger partial charge in [-0.25, -0.2) is 12.7 Å². The highest BCUT2D eigenvalue weighted by atomic mass is 32.2. The van der Waals surface area contributed by atoms with E-state index in [0.717, 1.165) is 25.2 Å². The molecule has 2 aliphatic heterocycles. The molecule has 0 spiro atoms. The van der Waals surface area contributed by atoms with E-state index < -0.39 is 10.0 Å². The lowest BCUT2D eigenvalue weighted by Crippen LogP contribution is -2.47. The summed E-state index contributed by atoms with van der Waals surface area (Å²) in [5, 5.41) is 0. The molecule has 2 aliphatic rings. The monoisotopic (exact) mass is 394 g/mol. The zero-order valence-electron chi connectivity index (χ0n) is 16.5. The average Bonchev–Trinajstić information content (AvgIpc) is 3.09. The molecule has 1 aromatic carbocycles. The van der Waals surface area contributed by atoms with E-state index in [2.05, 4.69) is 19.1 Å². The predicted molar refractivity (Wildman–Crippen MR) is 105 cm³/mol. The van der Waals surface area contributed by atoms with Crippen LogP contribution < -0.4 is 4.74 Å². The van der Waals surface area contributed by atoms with Crippen molar-refractivity contribution in [3.05, 3.63) is 29.3 Å². The number of benzene rings is 1. The van der Waals surface area contributed by atoms with Gasteiger partial charge in [0.05, 0.1) is 12.9 Å². The molecule has 27 heavy (non-hydrogen) atoms. The average molecular weight is 395 g/mol. The summed E-state index contributed by atoms with van der Waals surface area (Å²) >= 11 is 0. The van der Waals surface area contributed by atoms with Gasteiger partial charge in [0.25, 0.3) is 0 Å². The summed E-state index contributed by atoms with van der Waals surface area (Å²) in [5.41, 5.74) is 2.48. The second kappa shape index (κ2) is 8.19. The third-order valence-electron chi connectivity index (χ3n) is 5.71. The second-order valence-electron chi connectivity index (χ2n) is 7.65. The first kappa shape index (κ1) is 20.1. The fraction of sp³-hybridized carbons (Fsp3) is 0.650. The Balaban J connectivity index is 1.61. The van der Waals surface area contributed by atoms with Crippen molar-refractivity contribution >= 4 is 15.9 Å². The molecule has 6 nitrogen and oxygen atoms in total. The molecule has 1 atom stereocenters. The molecule has 1 unspecified atom stereocenters. The minimum absolute atomic E-state index is 0.0844. The van der Waals surface area contributed by atoms with Gasteiger partial charge in [0, 0.05) is 38.0 Å². The van der Waals surface area contributed by atoms with E-state index in [4.69, 9.17) is 4.74 Å². The molecular formula is C20H30N2O4S. The Morgan fingerprint density at radius 3 is 2.67 bits per heavy atom. The Kier molecular flexibility index (Phi) is 6.11. The van der Waals surface area contributed by atoms with Gasteiger partial charge >= 0.3 is 0 Å². The topological polar surface area (TPSA) is 66.9 Å². The summed E-state index contributed by atoms with van der Waals surface area (Å²) in [7, 11) is -3.16. The van der Waals surface area contributed by atoms with Crippen LogP contribution >= 0.6 is 0 Å². The summed E-state index contributed by atoms with van der Waals surface area (Å²) in [4.78, 5) is 15.0. The number of piperidine rings is 1. The highest BCUT2D eigenvalue weighted by Gasteiger charge is 2.32. The molecule has 0 bridgehead atoms. The van der Waals surface area contributed by atoms with Gasteiger partial charge in [0.2, 0.25) is 15.9 Å². The normalized spacial score (nSPS) is 19.4. The number of likely N-dealkylation sites (N-methyl/N-ethyl adjacent to an activating group) is 1. The Bertz CT molecular complexity index is 785. The first-order valence-corrected chi connectivity index (χ1v) is 11.6. The van der Waals surface area contributed by atoms with Crippen molar-refractivity contribution in [2.75, 3.05) is 32.5 Å². The molecular weight excluding hydrogens is 364 g/mol. The molecule has 0 saturated carbocycles. The van der Waals surface area contributed by atoms with E-state index in [-0.39, 0.29) is 17.9 Å². The van der Waals surface area contributed by atoms with Gasteiger partial charge in [-0.3, -0.25) is 4.79 Å². The maximum Gasteiger partial charge on any atom is 0.226 e. The highest BCUT2D eigenvalue weighted by Crippen LogP contribution is 2.27. The van der Waals surface area contributed by atoms with Crippen molar-refractivity contribution in [3.63, 3.8) is 0 Å². The minimum atomic E-state index is -3.16. The Hall–Kier alpha value is -1.60. The van der Waals surface area contributed by atoms with Gasteiger partial charge in [0.15, 0.2) is 0 Å². The zero-order chi connectivity index (χ0) is 19.6. The molecule has 0 radical (unpaired) electrons. The number of rotatable bonds is 6. The van der Waals surface area contributed by atoms with E-state index in [1.54, 1.807) is 0 Å². The zero-order valence-corrected chi connectivity index (χ0v) is 17.3. The molecule has 2 heterocycles. The van der Waals surface area contributed by atoms with Gasteiger partial charge in [-0.2, -0.15) is 0 Å². The molecule has 1 aromatic rings. The number of hydrogen-bond donors (Lipinski definition) is 0. The third kappa shape index (κ3) is 4.63. The predicted octanol–water partition coefficient (Wildman–Crippen LogP) is 2.07. The van der Waals surface area contributed by atoms with E-state index in [1.165, 1.54) is 21.7 Å². The second-order valence-corrected chi connectivity index (χ2v) is 9.64. The number of ether oxygens (including phenoxy) is 1. The van der Waals surface area contributed by atoms with Gasteiger partial charge < -0.3 is 9.64 Å². The Morgan fingerprint density at radius 2 is 2.04 bits per heavy atom. The Labute approximate surface area is 162 Å². The van der Waals surface area contributed by atoms with Gasteiger partial charge in [-0.1, -0.05) is 12.1 Å². The smallest absolute Gasteiger partial charge is 0.226 e. The molecule has 3 rings (SSSR count). The van der Waals surface area contributed by atoms with Crippen molar-refractivity contribution < 1.29 is 17.9 Å². The lowest BCUT2D eigenvalue weighted by molar-refractivity contribution is -0.138. The van der Waals surface area contributed by atoms with Crippen molar-refractivity contribution in [3.8, 4) is 5.75 Å². The molecule has 7 heteroatoms.